The summed E-state index contributed by atoms with van der Waals surface area (Å²) in [5.41, 5.74) is 1.81. The third kappa shape index (κ3) is 4.02. The van der Waals surface area contributed by atoms with E-state index in [0.29, 0.717) is 40.8 Å². The molecule has 2 amide bonds. The summed E-state index contributed by atoms with van der Waals surface area (Å²) in [5.74, 6) is 0.786. The SMILES string of the molecule is CC1C(CNC(=O)c2cccc3nc(C(=O)NC4CCC4)cn23)CCCC1(C)C. The van der Waals surface area contributed by atoms with E-state index >= 15 is 0 Å². The van der Waals surface area contributed by atoms with Crippen LogP contribution in [0.15, 0.2) is 24.4 Å². The van der Waals surface area contributed by atoms with Gasteiger partial charge >= 0.3 is 0 Å². The first-order valence-electron chi connectivity index (χ1n) is 10.9. The summed E-state index contributed by atoms with van der Waals surface area (Å²) in [6, 6.07) is 5.68. The number of imidazole rings is 1. The lowest BCUT2D eigenvalue weighted by molar-refractivity contribution is 0.0785. The molecule has 2 aromatic heterocycles. The summed E-state index contributed by atoms with van der Waals surface area (Å²) < 4.78 is 1.72. The lowest BCUT2D eigenvalue weighted by Crippen LogP contribution is -2.40. The molecule has 0 spiro atoms. The van der Waals surface area contributed by atoms with Crippen LogP contribution < -0.4 is 10.6 Å². The molecule has 0 bridgehead atoms. The predicted molar refractivity (Wildman–Crippen MR) is 113 cm³/mol. The van der Waals surface area contributed by atoms with Crippen molar-refractivity contribution in [2.24, 2.45) is 17.3 Å². The minimum Gasteiger partial charge on any atom is -0.350 e. The van der Waals surface area contributed by atoms with E-state index in [9.17, 15) is 9.59 Å². The Morgan fingerprint density at radius 3 is 2.69 bits per heavy atom. The minimum atomic E-state index is -0.164. The van der Waals surface area contributed by atoms with Gasteiger partial charge in [-0.2, -0.15) is 0 Å². The molecular formula is C23H32N4O2. The molecule has 2 atom stereocenters. The second kappa shape index (κ2) is 7.81. The summed E-state index contributed by atoms with van der Waals surface area (Å²) >= 11 is 0. The van der Waals surface area contributed by atoms with E-state index in [2.05, 4.69) is 36.4 Å². The molecule has 2 aliphatic rings. The molecule has 156 valence electrons. The first-order valence-corrected chi connectivity index (χ1v) is 10.9. The third-order valence-corrected chi connectivity index (χ3v) is 7.26. The molecule has 2 heterocycles. The number of hydrogen-bond acceptors (Lipinski definition) is 3. The fourth-order valence-electron chi connectivity index (χ4n) is 4.65. The molecule has 6 nitrogen and oxygen atoms in total. The van der Waals surface area contributed by atoms with Crippen molar-refractivity contribution in [1.82, 2.24) is 20.0 Å². The Morgan fingerprint density at radius 2 is 1.97 bits per heavy atom. The Morgan fingerprint density at radius 1 is 1.17 bits per heavy atom. The highest BCUT2D eigenvalue weighted by Gasteiger charge is 2.35. The molecule has 6 heteroatoms. The van der Waals surface area contributed by atoms with Crippen molar-refractivity contribution < 1.29 is 9.59 Å². The summed E-state index contributed by atoms with van der Waals surface area (Å²) in [6.07, 6.45) is 8.52. The van der Waals surface area contributed by atoms with Crippen molar-refractivity contribution in [2.45, 2.75) is 65.3 Å². The number of nitrogens with zero attached hydrogens (tertiary/aromatic N) is 2. The zero-order valence-corrected chi connectivity index (χ0v) is 17.7. The van der Waals surface area contributed by atoms with Gasteiger partial charge in [0, 0.05) is 18.8 Å². The highest BCUT2D eigenvalue weighted by atomic mass is 16.2. The van der Waals surface area contributed by atoms with Gasteiger partial charge in [0.2, 0.25) is 0 Å². The second-order valence-corrected chi connectivity index (χ2v) is 9.51. The van der Waals surface area contributed by atoms with Crippen LogP contribution in [0.1, 0.15) is 80.3 Å². The molecule has 0 saturated heterocycles. The van der Waals surface area contributed by atoms with Crippen LogP contribution in [-0.2, 0) is 0 Å². The van der Waals surface area contributed by atoms with Crippen molar-refractivity contribution in [3.8, 4) is 0 Å². The predicted octanol–water partition coefficient (Wildman–Crippen LogP) is 3.81. The number of pyridine rings is 1. The Bertz CT molecular complexity index is 913. The van der Waals surface area contributed by atoms with Gasteiger partial charge in [0.25, 0.3) is 11.8 Å². The van der Waals surface area contributed by atoms with Crippen molar-refractivity contribution in [3.05, 3.63) is 35.8 Å². The summed E-state index contributed by atoms with van der Waals surface area (Å²) in [7, 11) is 0. The van der Waals surface area contributed by atoms with Crippen LogP contribution in [-0.4, -0.2) is 33.8 Å². The van der Waals surface area contributed by atoms with Crippen LogP contribution in [0.4, 0.5) is 0 Å². The zero-order chi connectivity index (χ0) is 20.6. The highest BCUT2D eigenvalue weighted by molar-refractivity contribution is 5.95. The van der Waals surface area contributed by atoms with Crippen molar-refractivity contribution in [2.75, 3.05) is 6.54 Å². The fourth-order valence-corrected chi connectivity index (χ4v) is 4.65. The largest absolute Gasteiger partial charge is 0.350 e. The quantitative estimate of drug-likeness (QED) is 0.807. The minimum absolute atomic E-state index is 0.116. The van der Waals surface area contributed by atoms with Gasteiger partial charge in [-0.3, -0.25) is 14.0 Å². The molecule has 2 fully saturated rings. The molecule has 29 heavy (non-hydrogen) atoms. The number of rotatable bonds is 5. The lowest BCUT2D eigenvalue weighted by Gasteiger charge is -2.42. The number of hydrogen-bond donors (Lipinski definition) is 2. The molecule has 2 N–H and O–H groups in total. The van der Waals surface area contributed by atoms with Crippen LogP contribution >= 0.6 is 0 Å². The van der Waals surface area contributed by atoms with Crippen molar-refractivity contribution >= 4 is 17.5 Å². The zero-order valence-electron chi connectivity index (χ0n) is 17.7. The molecule has 4 rings (SSSR count). The first kappa shape index (κ1) is 19.9. The van der Waals surface area contributed by atoms with Crippen LogP contribution in [0.5, 0.6) is 0 Å². The fraction of sp³-hybridized carbons (Fsp3) is 0.609. The lowest BCUT2D eigenvalue weighted by atomic mass is 9.64. The van der Waals surface area contributed by atoms with Crippen molar-refractivity contribution in [3.63, 3.8) is 0 Å². The van der Waals surface area contributed by atoms with E-state index in [1.165, 1.54) is 12.8 Å². The molecule has 2 unspecified atom stereocenters. The van der Waals surface area contributed by atoms with Gasteiger partial charge in [-0.05, 0) is 61.5 Å². The van der Waals surface area contributed by atoms with E-state index in [-0.39, 0.29) is 17.9 Å². The molecule has 2 aliphatic carbocycles. The average Bonchev–Trinajstić information content (AvgIpc) is 3.10. The Balaban J connectivity index is 1.46. The normalized spacial score (nSPS) is 24.1. The number of amides is 2. The van der Waals surface area contributed by atoms with Gasteiger partial charge in [0.1, 0.15) is 17.0 Å². The van der Waals surface area contributed by atoms with Crippen LogP contribution in [0.3, 0.4) is 0 Å². The van der Waals surface area contributed by atoms with E-state index in [1.54, 1.807) is 16.7 Å². The third-order valence-electron chi connectivity index (χ3n) is 7.26. The highest BCUT2D eigenvalue weighted by Crippen LogP contribution is 2.43. The Labute approximate surface area is 172 Å². The summed E-state index contributed by atoms with van der Waals surface area (Å²) in [5, 5.41) is 6.14. The van der Waals surface area contributed by atoms with Gasteiger partial charge in [0.15, 0.2) is 0 Å². The smallest absolute Gasteiger partial charge is 0.271 e. The molecular weight excluding hydrogens is 364 g/mol. The van der Waals surface area contributed by atoms with Gasteiger partial charge in [-0.1, -0.05) is 33.3 Å². The molecule has 2 saturated carbocycles. The Kier molecular flexibility index (Phi) is 5.36. The Hall–Kier alpha value is -2.37. The standard InChI is InChI=1S/C23H32N4O2/c1-15-16(7-6-12-23(15,2)3)13-24-22(29)19-10-5-11-20-26-18(14-27(19)20)21(28)25-17-8-4-9-17/h5,10-11,14-17H,4,6-9,12-13H2,1-3H3,(H,24,29)(H,25,28). The van der Waals surface area contributed by atoms with Gasteiger partial charge in [-0.25, -0.2) is 4.98 Å². The van der Waals surface area contributed by atoms with Gasteiger partial charge in [0.05, 0.1) is 0 Å². The van der Waals surface area contributed by atoms with Crippen molar-refractivity contribution in [1.29, 1.82) is 0 Å². The maximum absolute atomic E-state index is 12.9. The van der Waals surface area contributed by atoms with E-state index in [4.69, 9.17) is 0 Å². The van der Waals surface area contributed by atoms with Crippen LogP contribution in [0, 0.1) is 17.3 Å². The van der Waals surface area contributed by atoms with Gasteiger partial charge < -0.3 is 10.6 Å². The second-order valence-electron chi connectivity index (χ2n) is 9.51. The molecule has 2 aromatic rings. The molecule has 0 aromatic carbocycles. The number of carbonyl (C=O) groups is 2. The van der Waals surface area contributed by atoms with Crippen LogP contribution in [0.25, 0.3) is 5.65 Å². The van der Waals surface area contributed by atoms with E-state index in [1.807, 2.05) is 12.1 Å². The monoisotopic (exact) mass is 396 g/mol. The molecule has 0 aliphatic heterocycles. The average molecular weight is 397 g/mol. The van der Waals surface area contributed by atoms with E-state index < -0.39 is 0 Å². The summed E-state index contributed by atoms with van der Waals surface area (Å²) in [4.78, 5) is 29.8. The number of nitrogens with one attached hydrogen (secondary N) is 2. The topological polar surface area (TPSA) is 75.5 Å². The number of aromatic nitrogens is 2. The summed E-state index contributed by atoms with van der Waals surface area (Å²) in [6.45, 7) is 7.64. The maximum Gasteiger partial charge on any atom is 0.271 e. The maximum atomic E-state index is 12.9. The van der Waals surface area contributed by atoms with Crippen LogP contribution in [0.2, 0.25) is 0 Å². The number of fused-ring (bicyclic) bond motifs is 1. The molecule has 0 radical (unpaired) electrons. The first-order chi connectivity index (χ1) is 13.8. The number of carbonyl (C=O) groups excluding carboxylic acids is 2. The van der Waals surface area contributed by atoms with Gasteiger partial charge in [-0.15, -0.1) is 0 Å². The van der Waals surface area contributed by atoms with E-state index in [0.717, 1.165) is 25.7 Å².